The molecule has 0 aliphatic carbocycles. The Labute approximate surface area is 87.5 Å². The molecule has 2 aliphatic heterocycles. The minimum absolute atomic E-state index is 0.0591. The summed E-state index contributed by atoms with van der Waals surface area (Å²) >= 11 is 0. The van der Waals surface area contributed by atoms with Gasteiger partial charge in [0.25, 0.3) is 0 Å². The van der Waals surface area contributed by atoms with Crippen LogP contribution in [0, 0.1) is 0 Å². The van der Waals surface area contributed by atoms with Crippen molar-refractivity contribution in [1.29, 1.82) is 0 Å². The first-order chi connectivity index (χ1) is 6.98. The van der Waals surface area contributed by atoms with Crippen LogP contribution >= 0.6 is 0 Å². The van der Waals surface area contributed by atoms with E-state index in [-0.39, 0.29) is 30.0 Å². The normalized spacial score (nSPS) is 26.8. The SMILES string of the molecule is O=C1CN(C2CCS(=O)(=O)CC2)C(=O)N1. The highest BCUT2D eigenvalue weighted by Crippen LogP contribution is 2.19. The number of carbonyl (C=O) groups is 2. The molecule has 0 aromatic heterocycles. The highest BCUT2D eigenvalue weighted by atomic mass is 32.2. The molecule has 0 spiro atoms. The van der Waals surface area contributed by atoms with Gasteiger partial charge >= 0.3 is 6.03 Å². The predicted molar refractivity (Wildman–Crippen MR) is 51.9 cm³/mol. The van der Waals surface area contributed by atoms with Gasteiger partial charge in [0.15, 0.2) is 0 Å². The Bertz CT molecular complexity index is 389. The second-order valence-corrected chi connectivity index (χ2v) is 6.17. The lowest BCUT2D eigenvalue weighted by Gasteiger charge is -2.29. The Kier molecular flexibility index (Phi) is 2.41. The standard InChI is InChI=1S/C8H12N2O4S/c11-7-5-10(8(12)9-7)6-1-3-15(13,14)4-2-6/h6H,1-5H2,(H,9,11,12). The van der Waals surface area contributed by atoms with Crippen molar-refractivity contribution in [3.63, 3.8) is 0 Å². The molecular weight excluding hydrogens is 220 g/mol. The average Bonchev–Trinajstić information content (AvgIpc) is 2.45. The molecule has 0 saturated carbocycles. The lowest BCUT2D eigenvalue weighted by atomic mass is 10.1. The number of rotatable bonds is 1. The van der Waals surface area contributed by atoms with E-state index in [1.807, 2.05) is 0 Å². The molecule has 84 valence electrons. The van der Waals surface area contributed by atoms with E-state index >= 15 is 0 Å². The monoisotopic (exact) mass is 232 g/mol. The molecule has 0 bridgehead atoms. The molecule has 0 unspecified atom stereocenters. The summed E-state index contributed by atoms with van der Waals surface area (Å²) in [5.41, 5.74) is 0. The van der Waals surface area contributed by atoms with Crippen LogP contribution in [0.3, 0.4) is 0 Å². The minimum Gasteiger partial charge on any atom is -0.312 e. The van der Waals surface area contributed by atoms with E-state index in [1.54, 1.807) is 0 Å². The second-order valence-electron chi connectivity index (χ2n) is 3.86. The number of imide groups is 1. The molecule has 15 heavy (non-hydrogen) atoms. The fourth-order valence-electron chi connectivity index (χ4n) is 1.94. The zero-order valence-electron chi connectivity index (χ0n) is 8.10. The summed E-state index contributed by atoms with van der Waals surface area (Å²) in [6, 6.07) is -0.510. The van der Waals surface area contributed by atoms with Crippen LogP contribution in [0.2, 0.25) is 0 Å². The van der Waals surface area contributed by atoms with Gasteiger partial charge in [0.2, 0.25) is 5.91 Å². The average molecular weight is 232 g/mol. The number of sulfone groups is 1. The smallest absolute Gasteiger partial charge is 0.312 e. The molecule has 1 N–H and O–H groups in total. The Balaban J connectivity index is 2.02. The van der Waals surface area contributed by atoms with Crippen LogP contribution < -0.4 is 5.32 Å². The Hall–Kier alpha value is -1.11. The highest BCUT2D eigenvalue weighted by Gasteiger charge is 2.35. The zero-order valence-corrected chi connectivity index (χ0v) is 8.92. The Morgan fingerprint density at radius 1 is 1.20 bits per heavy atom. The Morgan fingerprint density at radius 3 is 2.27 bits per heavy atom. The fraction of sp³-hybridized carbons (Fsp3) is 0.750. The molecule has 2 aliphatic rings. The third-order valence-corrected chi connectivity index (χ3v) is 4.50. The minimum atomic E-state index is -2.92. The van der Waals surface area contributed by atoms with E-state index in [0.29, 0.717) is 12.8 Å². The van der Waals surface area contributed by atoms with Gasteiger partial charge in [0.1, 0.15) is 16.4 Å². The summed E-state index contributed by atoms with van der Waals surface area (Å²) in [6.07, 6.45) is 0.867. The topological polar surface area (TPSA) is 83.6 Å². The largest absolute Gasteiger partial charge is 0.324 e. The van der Waals surface area contributed by atoms with Crippen LogP contribution in [-0.2, 0) is 14.6 Å². The zero-order chi connectivity index (χ0) is 11.1. The number of hydrogen-bond acceptors (Lipinski definition) is 4. The first-order valence-corrected chi connectivity index (χ1v) is 6.61. The maximum absolute atomic E-state index is 11.3. The van der Waals surface area contributed by atoms with E-state index in [1.165, 1.54) is 4.90 Å². The number of carbonyl (C=O) groups excluding carboxylic acids is 2. The van der Waals surface area contributed by atoms with Crippen LogP contribution in [0.4, 0.5) is 4.79 Å². The van der Waals surface area contributed by atoms with Crippen molar-refractivity contribution in [2.75, 3.05) is 18.1 Å². The maximum Gasteiger partial charge on any atom is 0.324 e. The van der Waals surface area contributed by atoms with E-state index in [9.17, 15) is 18.0 Å². The lowest BCUT2D eigenvalue weighted by Crippen LogP contribution is -2.42. The number of hydrogen-bond donors (Lipinski definition) is 1. The Morgan fingerprint density at radius 2 is 1.80 bits per heavy atom. The van der Waals surface area contributed by atoms with Crippen LogP contribution in [0.25, 0.3) is 0 Å². The van der Waals surface area contributed by atoms with Gasteiger partial charge in [-0.1, -0.05) is 0 Å². The van der Waals surface area contributed by atoms with Gasteiger partial charge in [0.05, 0.1) is 11.5 Å². The van der Waals surface area contributed by atoms with E-state index in [2.05, 4.69) is 5.32 Å². The fourth-order valence-corrected chi connectivity index (χ4v) is 3.41. The molecule has 2 heterocycles. The third-order valence-electron chi connectivity index (χ3n) is 2.79. The van der Waals surface area contributed by atoms with Crippen LogP contribution in [0.15, 0.2) is 0 Å². The van der Waals surface area contributed by atoms with E-state index in [4.69, 9.17) is 0 Å². The second kappa shape index (κ2) is 3.48. The summed E-state index contributed by atoms with van der Waals surface area (Å²) in [7, 11) is -2.92. The summed E-state index contributed by atoms with van der Waals surface area (Å²) in [6.45, 7) is 0.0591. The van der Waals surface area contributed by atoms with Crippen LogP contribution in [-0.4, -0.2) is 49.3 Å². The molecule has 2 saturated heterocycles. The summed E-state index contributed by atoms with van der Waals surface area (Å²) < 4.78 is 22.3. The lowest BCUT2D eigenvalue weighted by molar-refractivity contribution is -0.118. The molecule has 3 amide bonds. The van der Waals surface area contributed by atoms with Gasteiger partial charge < -0.3 is 4.90 Å². The molecule has 0 atom stereocenters. The van der Waals surface area contributed by atoms with Gasteiger partial charge in [-0.25, -0.2) is 13.2 Å². The molecule has 0 radical (unpaired) electrons. The number of nitrogens with zero attached hydrogens (tertiary/aromatic N) is 1. The number of nitrogens with one attached hydrogen (secondary N) is 1. The van der Waals surface area contributed by atoms with Crippen molar-refractivity contribution >= 4 is 21.8 Å². The van der Waals surface area contributed by atoms with Gasteiger partial charge in [-0.15, -0.1) is 0 Å². The van der Waals surface area contributed by atoms with Gasteiger partial charge in [-0.05, 0) is 12.8 Å². The maximum atomic E-state index is 11.3. The highest BCUT2D eigenvalue weighted by molar-refractivity contribution is 7.91. The molecule has 0 aromatic carbocycles. The summed E-state index contributed by atoms with van der Waals surface area (Å²) in [4.78, 5) is 23.7. The van der Waals surface area contributed by atoms with Crippen molar-refractivity contribution in [2.24, 2.45) is 0 Å². The molecular formula is C8H12N2O4S. The molecule has 7 heteroatoms. The third kappa shape index (κ3) is 2.11. The van der Waals surface area contributed by atoms with Crippen molar-refractivity contribution in [2.45, 2.75) is 18.9 Å². The molecule has 0 aromatic rings. The van der Waals surface area contributed by atoms with Gasteiger partial charge in [-0.3, -0.25) is 10.1 Å². The van der Waals surface area contributed by atoms with Gasteiger partial charge in [-0.2, -0.15) is 0 Å². The van der Waals surface area contributed by atoms with E-state index in [0.717, 1.165) is 0 Å². The van der Waals surface area contributed by atoms with E-state index < -0.39 is 15.9 Å². The van der Waals surface area contributed by atoms with Gasteiger partial charge in [0, 0.05) is 6.04 Å². The first-order valence-electron chi connectivity index (χ1n) is 4.79. The first kappa shape index (κ1) is 10.4. The van der Waals surface area contributed by atoms with Crippen LogP contribution in [0.5, 0.6) is 0 Å². The van der Waals surface area contributed by atoms with Crippen LogP contribution in [0.1, 0.15) is 12.8 Å². The number of urea groups is 1. The number of amides is 3. The van der Waals surface area contributed by atoms with Crippen molar-refractivity contribution in [3.8, 4) is 0 Å². The summed E-state index contributed by atoms with van der Waals surface area (Å²) in [5, 5.41) is 2.18. The molecule has 2 rings (SSSR count). The van der Waals surface area contributed by atoms with Crippen molar-refractivity contribution in [3.05, 3.63) is 0 Å². The molecule has 2 fully saturated rings. The summed E-state index contributed by atoms with van der Waals surface area (Å²) in [5.74, 6) is -0.0981. The quantitative estimate of drug-likeness (QED) is 0.595. The molecule has 6 nitrogen and oxygen atoms in total. The predicted octanol–water partition coefficient (Wildman–Crippen LogP) is -0.885. The van der Waals surface area contributed by atoms with Crippen molar-refractivity contribution < 1.29 is 18.0 Å². The van der Waals surface area contributed by atoms with Crippen molar-refractivity contribution in [1.82, 2.24) is 10.2 Å².